The van der Waals surface area contributed by atoms with Crippen molar-refractivity contribution in [3.63, 3.8) is 0 Å². The molecule has 0 aromatic carbocycles. The number of urea groups is 1. The molecule has 3 fully saturated rings. The van der Waals surface area contributed by atoms with Crippen molar-refractivity contribution in [2.75, 3.05) is 19.6 Å². The second kappa shape index (κ2) is 5.44. The van der Waals surface area contributed by atoms with Crippen molar-refractivity contribution < 1.29 is 4.79 Å². The summed E-state index contributed by atoms with van der Waals surface area (Å²) in [5.74, 6) is 3.58. The molecule has 5 rings (SSSR count). The van der Waals surface area contributed by atoms with Crippen LogP contribution in [0, 0.1) is 18.8 Å². The Morgan fingerprint density at radius 3 is 2.50 bits per heavy atom. The van der Waals surface area contributed by atoms with Gasteiger partial charge in [-0.15, -0.1) is 10.2 Å². The maximum Gasteiger partial charge on any atom is 0.317 e. The van der Waals surface area contributed by atoms with Gasteiger partial charge in [-0.25, -0.2) is 4.79 Å². The zero-order chi connectivity index (χ0) is 16.3. The molecular formula is C17H26N6O. The Balaban J connectivity index is 1.14. The van der Waals surface area contributed by atoms with Crippen molar-refractivity contribution in [3.05, 3.63) is 11.6 Å². The number of fused-ring (bicyclic) bond motifs is 1. The number of aryl methyl sites for hydroxylation is 1. The van der Waals surface area contributed by atoms with Gasteiger partial charge in [-0.05, 0) is 44.4 Å². The Hall–Kier alpha value is -1.63. The first kappa shape index (κ1) is 14.7. The van der Waals surface area contributed by atoms with Crippen molar-refractivity contribution in [1.82, 2.24) is 29.9 Å². The van der Waals surface area contributed by atoms with E-state index in [1.807, 2.05) is 11.8 Å². The fourth-order valence-electron chi connectivity index (χ4n) is 4.25. The Bertz CT molecular complexity index is 632. The molecule has 2 aliphatic carbocycles. The maximum atomic E-state index is 12.5. The normalized spacial score (nSPS) is 24.8. The average molecular weight is 330 g/mol. The highest BCUT2D eigenvalue weighted by atomic mass is 16.2. The zero-order valence-corrected chi connectivity index (χ0v) is 14.3. The first-order valence-electron chi connectivity index (χ1n) is 9.37. The number of amides is 2. The second-order valence-electron chi connectivity index (χ2n) is 7.99. The van der Waals surface area contributed by atoms with Crippen molar-refractivity contribution in [2.24, 2.45) is 11.8 Å². The highest BCUT2D eigenvalue weighted by Gasteiger charge is 2.44. The minimum atomic E-state index is 0.158. The Labute approximate surface area is 142 Å². The van der Waals surface area contributed by atoms with Gasteiger partial charge in [-0.1, -0.05) is 0 Å². The molecule has 0 bridgehead atoms. The van der Waals surface area contributed by atoms with E-state index in [-0.39, 0.29) is 6.03 Å². The molecule has 2 saturated carbocycles. The van der Waals surface area contributed by atoms with Crippen LogP contribution < -0.4 is 5.32 Å². The fraction of sp³-hybridized carbons (Fsp3) is 0.824. The maximum absolute atomic E-state index is 12.5. The molecule has 2 aliphatic heterocycles. The number of rotatable bonds is 4. The summed E-state index contributed by atoms with van der Waals surface area (Å²) in [5, 5.41) is 11.8. The molecule has 0 spiro atoms. The van der Waals surface area contributed by atoms with Crippen molar-refractivity contribution in [1.29, 1.82) is 0 Å². The van der Waals surface area contributed by atoms with E-state index in [2.05, 4.69) is 25.0 Å². The fourth-order valence-corrected chi connectivity index (χ4v) is 4.25. The number of carbonyl (C=O) groups is 1. The SMILES string of the molecule is Cc1nnc2n1CCN(C1CN(C(=O)NC(C3CC3)C3CC3)C1)C2. The quantitative estimate of drug-likeness (QED) is 0.894. The Morgan fingerprint density at radius 1 is 1.12 bits per heavy atom. The van der Waals surface area contributed by atoms with Crippen LogP contribution in [0.5, 0.6) is 0 Å². The third kappa shape index (κ3) is 2.59. The Kier molecular flexibility index (Phi) is 3.33. The molecule has 7 nitrogen and oxygen atoms in total. The van der Waals surface area contributed by atoms with E-state index in [1.54, 1.807) is 0 Å². The van der Waals surface area contributed by atoms with Gasteiger partial charge in [0, 0.05) is 38.3 Å². The lowest BCUT2D eigenvalue weighted by atomic mass is 10.1. The van der Waals surface area contributed by atoms with E-state index in [0.717, 1.165) is 56.2 Å². The first-order chi connectivity index (χ1) is 11.7. The van der Waals surface area contributed by atoms with Gasteiger partial charge in [0.25, 0.3) is 0 Å². The number of nitrogens with one attached hydrogen (secondary N) is 1. The molecule has 130 valence electrons. The number of likely N-dealkylation sites (tertiary alicyclic amines) is 1. The summed E-state index contributed by atoms with van der Waals surface area (Å²) < 4.78 is 2.20. The monoisotopic (exact) mass is 330 g/mol. The molecule has 4 aliphatic rings. The van der Waals surface area contributed by atoms with Gasteiger partial charge in [0.15, 0.2) is 0 Å². The number of aromatic nitrogens is 3. The lowest BCUT2D eigenvalue weighted by molar-refractivity contribution is 0.0376. The van der Waals surface area contributed by atoms with E-state index in [9.17, 15) is 4.79 Å². The van der Waals surface area contributed by atoms with E-state index in [4.69, 9.17) is 0 Å². The van der Waals surface area contributed by atoms with Crippen LogP contribution in [-0.2, 0) is 13.1 Å². The molecule has 3 heterocycles. The summed E-state index contributed by atoms with van der Waals surface area (Å²) in [6.07, 6.45) is 5.21. The molecular weight excluding hydrogens is 304 g/mol. The summed E-state index contributed by atoms with van der Waals surface area (Å²) in [5.41, 5.74) is 0. The molecule has 0 atom stereocenters. The van der Waals surface area contributed by atoms with Gasteiger partial charge in [0.2, 0.25) is 0 Å². The lowest BCUT2D eigenvalue weighted by Gasteiger charge is -2.46. The van der Waals surface area contributed by atoms with Crippen LogP contribution >= 0.6 is 0 Å². The summed E-state index contributed by atoms with van der Waals surface area (Å²) >= 11 is 0. The molecule has 7 heteroatoms. The number of carbonyl (C=O) groups excluding carboxylic acids is 1. The van der Waals surface area contributed by atoms with E-state index >= 15 is 0 Å². The third-order valence-corrected chi connectivity index (χ3v) is 6.18. The largest absolute Gasteiger partial charge is 0.335 e. The number of nitrogens with zero attached hydrogens (tertiary/aromatic N) is 5. The van der Waals surface area contributed by atoms with Crippen molar-refractivity contribution >= 4 is 6.03 Å². The number of hydrogen-bond acceptors (Lipinski definition) is 4. The third-order valence-electron chi connectivity index (χ3n) is 6.18. The Morgan fingerprint density at radius 2 is 1.83 bits per heavy atom. The van der Waals surface area contributed by atoms with Crippen molar-refractivity contribution in [3.8, 4) is 0 Å². The predicted molar refractivity (Wildman–Crippen MR) is 88.3 cm³/mol. The van der Waals surface area contributed by atoms with Crippen LogP contribution in [0.1, 0.15) is 37.3 Å². The zero-order valence-electron chi connectivity index (χ0n) is 14.3. The molecule has 1 aromatic heterocycles. The van der Waals surface area contributed by atoms with Gasteiger partial charge in [-0.3, -0.25) is 4.90 Å². The predicted octanol–water partition coefficient (Wildman–Crippen LogP) is 0.985. The summed E-state index contributed by atoms with van der Waals surface area (Å²) in [6.45, 7) is 6.55. The minimum absolute atomic E-state index is 0.158. The van der Waals surface area contributed by atoms with Crippen LogP contribution in [-0.4, -0.2) is 62.3 Å². The topological polar surface area (TPSA) is 66.3 Å². The van der Waals surface area contributed by atoms with Crippen LogP contribution in [0.15, 0.2) is 0 Å². The van der Waals surface area contributed by atoms with Crippen molar-refractivity contribution in [2.45, 2.75) is 57.8 Å². The van der Waals surface area contributed by atoms with E-state index in [0.29, 0.717) is 12.1 Å². The highest BCUT2D eigenvalue weighted by molar-refractivity contribution is 5.75. The standard InChI is InChI=1S/C17H26N6O/c1-11-19-20-15-10-21(6-7-23(11)15)14-8-22(9-14)17(24)18-16(12-2-3-12)13-4-5-13/h12-14,16H,2-10H2,1H3,(H,18,24). The van der Waals surface area contributed by atoms with Crippen LogP contribution in [0.3, 0.4) is 0 Å². The lowest BCUT2D eigenvalue weighted by Crippen LogP contribution is -2.64. The molecule has 0 unspecified atom stereocenters. The van der Waals surface area contributed by atoms with Gasteiger partial charge < -0.3 is 14.8 Å². The minimum Gasteiger partial charge on any atom is -0.335 e. The van der Waals surface area contributed by atoms with E-state index in [1.165, 1.54) is 25.7 Å². The first-order valence-corrected chi connectivity index (χ1v) is 9.37. The molecule has 24 heavy (non-hydrogen) atoms. The molecule has 0 radical (unpaired) electrons. The second-order valence-corrected chi connectivity index (χ2v) is 7.99. The summed E-state index contributed by atoms with van der Waals surface area (Å²) in [4.78, 5) is 16.9. The van der Waals surface area contributed by atoms with Gasteiger partial charge in [-0.2, -0.15) is 0 Å². The average Bonchev–Trinajstić information content (AvgIpc) is 3.43. The summed E-state index contributed by atoms with van der Waals surface area (Å²) in [7, 11) is 0. The van der Waals surface area contributed by atoms with E-state index < -0.39 is 0 Å². The molecule has 2 amide bonds. The molecule has 1 N–H and O–H groups in total. The number of hydrogen-bond donors (Lipinski definition) is 1. The molecule has 1 aromatic rings. The van der Waals surface area contributed by atoms with Crippen LogP contribution in [0.2, 0.25) is 0 Å². The van der Waals surface area contributed by atoms with Gasteiger partial charge >= 0.3 is 6.03 Å². The highest BCUT2D eigenvalue weighted by Crippen LogP contribution is 2.44. The molecule has 1 saturated heterocycles. The van der Waals surface area contributed by atoms with Gasteiger partial charge in [0.05, 0.1) is 6.54 Å². The van der Waals surface area contributed by atoms with Gasteiger partial charge in [0.1, 0.15) is 11.6 Å². The van der Waals surface area contributed by atoms with Crippen LogP contribution in [0.4, 0.5) is 4.79 Å². The smallest absolute Gasteiger partial charge is 0.317 e. The summed E-state index contributed by atoms with van der Waals surface area (Å²) in [6, 6.07) is 1.08. The van der Waals surface area contributed by atoms with Crippen LogP contribution in [0.25, 0.3) is 0 Å².